The fourth-order valence-corrected chi connectivity index (χ4v) is 1.47. The molecule has 0 radical (unpaired) electrons. The van der Waals surface area contributed by atoms with E-state index in [1.807, 2.05) is 6.92 Å². The number of anilines is 1. The molecule has 0 amide bonds. The standard InChI is InChI=1S/C8H9BrN2O/c1-5-6(9)4-11-8-7(5)12-3-2-10-8/h4H,2-3H2,1H3,(H,10,11). The summed E-state index contributed by atoms with van der Waals surface area (Å²) < 4.78 is 6.47. The van der Waals surface area contributed by atoms with Crippen LogP contribution in [0.15, 0.2) is 10.7 Å². The molecule has 0 fully saturated rings. The van der Waals surface area contributed by atoms with Crippen LogP contribution in [0.5, 0.6) is 5.75 Å². The lowest BCUT2D eigenvalue weighted by atomic mass is 10.2. The summed E-state index contributed by atoms with van der Waals surface area (Å²) in [7, 11) is 0. The van der Waals surface area contributed by atoms with Crippen LogP contribution in [0.25, 0.3) is 0 Å². The Hall–Kier alpha value is -0.770. The number of aromatic nitrogens is 1. The van der Waals surface area contributed by atoms with Crippen LogP contribution < -0.4 is 10.1 Å². The van der Waals surface area contributed by atoms with Crippen molar-refractivity contribution in [3.8, 4) is 5.75 Å². The Morgan fingerprint density at radius 3 is 3.33 bits per heavy atom. The number of hydrogen-bond donors (Lipinski definition) is 1. The number of nitrogens with one attached hydrogen (secondary N) is 1. The minimum atomic E-state index is 0.714. The maximum atomic E-state index is 5.48. The molecule has 0 atom stereocenters. The molecule has 64 valence electrons. The van der Waals surface area contributed by atoms with E-state index in [0.29, 0.717) is 6.61 Å². The highest BCUT2D eigenvalue weighted by Gasteiger charge is 2.14. The van der Waals surface area contributed by atoms with Gasteiger partial charge in [-0.3, -0.25) is 0 Å². The molecule has 0 saturated carbocycles. The largest absolute Gasteiger partial charge is 0.488 e. The first-order valence-corrected chi connectivity index (χ1v) is 4.60. The van der Waals surface area contributed by atoms with Crippen molar-refractivity contribution in [2.45, 2.75) is 6.92 Å². The van der Waals surface area contributed by atoms with Gasteiger partial charge in [-0.25, -0.2) is 4.98 Å². The van der Waals surface area contributed by atoms with Gasteiger partial charge in [0.05, 0.1) is 6.54 Å². The third kappa shape index (κ3) is 1.16. The fraction of sp³-hybridized carbons (Fsp3) is 0.375. The van der Waals surface area contributed by atoms with Gasteiger partial charge in [-0.05, 0) is 22.9 Å². The van der Waals surface area contributed by atoms with E-state index in [2.05, 4.69) is 26.2 Å². The number of fused-ring (bicyclic) bond motifs is 1. The normalized spacial score (nSPS) is 14.5. The van der Waals surface area contributed by atoms with E-state index in [9.17, 15) is 0 Å². The van der Waals surface area contributed by atoms with Crippen molar-refractivity contribution < 1.29 is 4.74 Å². The van der Waals surface area contributed by atoms with Gasteiger partial charge in [-0.15, -0.1) is 0 Å². The quantitative estimate of drug-likeness (QED) is 0.738. The van der Waals surface area contributed by atoms with Crippen molar-refractivity contribution in [3.05, 3.63) is 16.2 Å². The zero-order valence-corrected chi connectivity index (χ0v) is 8.31. The molecule has 1 N–H and O–H groups in total. The third-order valence-corrected chi connectivity index (χ3v) is 2.66. The molecule has 0 spiro atoms. The second kappa shape index (κ2) is 2.94. The van der Waals surface area contributed by atoms with E-state index >= 15 is 0 Å². The number of rotatable bonds is 0. The van der Waals surface area contributed by atoms with Crippen molar-refractivity contribution in [2.24, 2.45) is 0 Å². The fourth-order valence-electron chi connectivity index (χ4n) is 1.19. The van der Waals surface area contributed by atoms with Gasteiger partial charge < -0.3 is 10.1 Å². The van der Waals surface area contributed by atoms with Gasteiger partial charge in [-0.1, -0.05) is 0 Å². The number of pyridine rings is 1. The Labute approximate surface area is 79.3 Å². The highest BCUT2D eigenvalue weighted by atomic mass is 79.9. The summed E-state index contributed by atoms with van der Waals surface area (Å²) in [6.45, 7) is 3.56. The molecule has 1 aromatic heterocycles. The molecule has 0 bridgehead atoms. The second-order valence-electron chi connectivity index (χ2n) is 2.68. The minimum Gasteiger partial charge on any atom is -0.488 e. The lowest BCUT2D eigenvalue weighted by molar-refractivity contribution is 0.319. The van der Waals surface area contributed by atoms with E-state index in [1.165, 1.54) is 0 Å². The lowest BCUT2D eigenvalue weighted by Crippen LogP contribution is -2.19. The summed E-state index contributed by atoms with van der Waals surface area (Å²) in [6, 6.07) is 0. The first kappa shape index (κ1) is 7.86. The van der Waals surface area contributed by atoms with Crippen LogP contribution in [0.1, 0.15) is 5.56 Å². The van der Waals surface area contributed by atoms with Crippen molar-refractivity contribution in [1.29, 1.82) is 0 Å². The van der Waals surface area contributed by atoms with Crippen LogP contribution in [0.2, 0.25) is 0 Å². The van der Waals surface area contributed by atoms with Gasteiger partial charge in [0.15, 0.2) is 11.6 Å². The topological polar surface area (TPSA) is 34.1 Å². The van der Waals surface area contributed by atoms with Crippen molar-refractivity contribution in [3.63, 3.8) is 0 Å². The van der Waals surface area contributed by atoms with E-state index in [-0.39, 0.29) is 0 Å². The van der Waals surface area contributed by atoms with Gasteiger partial charge in [0.25, 0.3) is 0 Å². The highest BCUT2D eigenvalue weighted by molar-refractivity contribution is 9.10. The molecule has 1 aliphatic heterocycles. The molecule has 0 saturated heterocycles. The van der Waals surface area contributed by atoms with Crippen LogP contribution in [0, 0.1) is 6.92 Å². The number of hydrogen-bond acceptors (Lipinski definition) is 3. The monoisotopic (exact) mass is 228 g/mol. The van der Waals surface area contributed by atoms with E-state index < -0.39 is 0 Å². The zero-order chi connectivity index (χ0) is 8.55. The van der Waals surface area contributed by atoms with Gasteiger partial charge in [0.1, 0.15) is 6.61 Å². The first-order chi connectivity index (χ1) is 5.79. The number of nitrogens with zero attached hydrogens (tertiary/aromatic N) is 1. The second-order valence-corrected chi connectivity index (χ2v) is 3.54. The van der Waals surface area contributed by atoms with Crippen LogP contribution in [-0.4, -0.2) is 18.1 Å². The first-order valence-electron chi connectivity index (χ1n) is 3.81. The molecule has 12 heavy (non-hydrogen) atoms. The predicted molar refractivity (Wildman–Crippen MR) is 50.7 cm³/mol. The molecule has 4 heteroatoms. The molecule has 2 heterocycles. The van der Waals surface area contributed by atoms with Crippen LogP contribution in [0.4, 0.5) is 5.82 Å². The van der Waals surface area contributed by atoms with E-state index in [1.54, 1.807) is 6.20 Å². The summed E-state index contributed by atoms with van der Waals surface area (Å²) >= 11 is 3.40. The molecule has 0 unspecified atom stereocenters. The molecule has 0 aromatic carbocycles. The highest BCUT2D eigenvalue weighted by Crippen LogP contribution is 2.32. The number of ether oxygens (including phenoxy) is 1. The molecule has 3 nitrogen and oxygen atoms in total. The zero-order valence-electron chi connectivity index (χ0n) is 6.72. The molecule has 0 aliphatic carbocycles. The van der Waals surface area contributed by atoms with Crippen molar-refractivity contribution in [1.82, 2.24) is 4.98 Å². The summed E-state index contributed by atoms with van der Waals surface area (Å²) in [5.74, 6) is 1.72. The van der Waals surface area contributed by atoms with Gasteiger partial charge in [0.2, 0.25) is 0 Å². The summed E-state index contributed by atoms with van der Waals surface area (Å²) in [5.41, 5.74) is 1.10. The smallest absolute Gasteiger partial charge is 0.169 e. The molecule has 2 rings (SSSR count). The lowest BCUT2D eigenvalue weighted by Gasteiger charge is -2.19. The minimum absolute atomic E-state index is 0.714. The Morgan fingerprint density at radius 1 is 1.67 bits per heavy atom. The molecule has 1 aromatic rings. The number of halogens is 1. The van der Waals surface area contributed by atoms with E-state index in [4.69, 9.17) is 4.74 Å². The van der Waals surface area contributed by atoms with Gasteiger partial charge >= 0.3 is 0 Å². The van der Waals surface area contributed by atoms with Crippen LogP contribution in [-0.2, 0) is 0 Å². The summed E-state index contributed by atoms with van der Waals surface area (Å²) in [6.07, 6.45) is 1.79. The predicted octanol–water partition coefficient (Wildman–Crippen LogP) is 1.96. The molecular formula is C8H9BrN2O. The Morgan fingerprint density at radius 2 is 2.50 bits per heavy atom. The van der Waals surface area contributed by atoms with Crippen LogP contribution in [0.3, 0.4) is 0 Å². The maximum Gasteiger partial charge on any atom is 0.169 e. The van der Waals surface area contributed by atoms with Crippen LogP contribution >= 0.6 is 15.9 Å². The summed E-state index contributed by atoms with van der Waals surface area (Å²) in [5, 5.41) is 3.17. The average molecular weight is 229 g/mol. The third-order valence-electron chi connectivity index (χ3n) is 1.86. The molecule has 1 aliphatic rings. The van der Waals surface area contributed by atoms with Crippen molar-refractivity contribution >= 4 is 21.7 Å². The van der Waals surface area contributed by atoms with Gasteiger partial charge in [-0.2, -0.15) is 0 Å². The van der Waals surface area contributed by atoms with E-state index in [0.717, 1.165) is 28.1 Å². The maximum absolute atomic E-state index is 5.48. The summed E-state index contributed by atoms with van der Waals surface area (Å²) in [4.78, 5) is 4.20. The average Bonchev–Trinajstić information content (AvgIpc) is 2.12. The van der Waals surface area contributed by atoms with Crippen molar-refractivity contribution in [2.75, 3.05) is 18.5 Å². The van der Waals surface area contributed by atoms with Gasteiger partial charge in [0, 0.05) is 16.2 Å². The SMILES string of the molecule is Cc1c(Br)cnc2c1OCCN2. The Balaban J connectivity index is 2.54. The Kier molecular flexibility index (Phi) is 1.92. The Bertz CT molecular complexity index is 314. The molecular weight excluding hydrogens is 220 g/mol.